The number of carbonyl (C=O) groups excluding carboxylic acids is 3. The number of thiophene rings is 1. The highest BCUT2D eigenvalue weighted by Gasteiger charge is 2.51. The summed E-state index contributed by atoms with van der Waals surface area (Å²) in [6, 6.07) is 3.72. The van der Waals surface area contributed by atoms with Gasteiger partial charge in [-0.2, -0.15) is 0 Å². The van der Waals surface area contributed by atoms with E-state index < -0.39 is 0 Å². The highest BCUT2D eigenvalue weighted by Crippen LogP contribution is 2.61. The van der Waals surface area contributed by atoms with Crippen LogP contribution in [-0.4, -0.2) is 35.7 Å². The normalized spacial score (nSPS) is 32.8. The Morgan fingerprint density at radius 1 is 1.00 bits per heavy atom. The first-order chi connectivity index (χ1) is 14.5. The second-order valence-electron chi connectivity index (χ2n) is 10.2. The van der Waals surface area contributed by atoms with Gasteiger partial charge in [0.2, 0.25) is 11.8 Å². The third-order valence-electron chi connectivity index (χ3n) is 7.91. The smallest absolute Gasteiger partial charge is 0.263 e. The van der Waals surface area contributed by atoms with Crippen molar-refractivity contribution >= 4 is 29.1 Å². The number of rotatable bonds is 4. The molecule has 0 spiro atoms. The zero-order chi connectivity index (χ0) is 20.7. The standard InChI is InChI=1S/C23H31N3O3S/c27-20(14-23-11-15-8-16(12-23)10-17(9-15)13-23)24-25-21(28)18-3-5-26(6-4-18)22(29)19-2-1-7-30-19/h1-2,7,15-18H,3-6,8-14H2,(H,24,27)(H,25,28). The average molecular weight is 430 g/mol. The van der Waals surface area contributed by atoms with E-state index in [1.165, 1.54) is 49.9 Å². The number of amides is 3. The van der Waals surface area contributed by atoms with E-state index in [1.807, 2.05) is 22.4 Å². The maximum atomic E-state index is 12.6. The van der Waals surface area contributed by atoms with Gasteiger partial charge in [-0.3, -0.25) is 25.2 Å². The summed E-state index contributed by atoms with van der Waals surface area (Å²) >= 11 is 1.45. The molecule has 3 amide bonds. The quantitative estimate of drug-likeness (QED) is 0.721. The Bertz CT molecular complexity index is 778. The third kappa shape index (κ3) is 4.01. The minimum atomic E-state index is -0.155. The van der Waals surface area contributed by atoms with Crippen LogP contribution in [-0.2, 0) is 9.59 Å². The lowest BCUT2D eigenvalue weighted by Crippen LogP contribution is -2.51. The molecule has 0 atom stereocenters. The third-order valence-corrected chi connectivity index (χ3v) is 8.77. The SMILES string of the molecule is O=C(CC12CC3CC(CC(C3)C1)C2)NNC(=O)C1CCN(C(=O)c2cccs2)CC1. The Hall–Kier alpha value is -1.89. The van der Waals surface area contributed by atoms with Gasteiger partial charge >= 0.3 is 0 Å². The molecule has 0 unspecified atom stereocenters. The molecule has 7 heteroatoms. The fourth-order valence-corrected chi connectivity index (χ4v) is 7.72. The van der Waals surface area contributed by atoms with Crippen molar-refractivity contribution in [2.24, 2.45) is 29.1 Å². The van der Waals surface area contributed by atoms with Crippen LogP contribution in [0.3, 0.4) is 0 Å². The molecule has 2 heterocycles. The van der Waals surface area contributed by atoms with Crippen LogP contribution < -0.4 is 10.9 Å². The molecule has 1 aromatic heterocycles. The minimum Gasteiger partial charge on any atom is -0.338 e. The monoisotopic (exact) mass is 429 g/mol. The summed E-state index contributed by atoms with van der Waals surface area (Å²) in [5.41, 5.74) is 5.54. The lowest BCUT2D eigenvalue weighted by atomic mass is 9.49. The van der Waals surface area contributed by atoms with Crippen LogP contribution in [0, 0.1) is 29.1 Å². The summed E-state index contributed by atoms with van der Waals surface area (Å²) in [7, 11) is 0. The predicted molar refractivity (Wildman–Crippen MR) is 114 cm³/mol. The molecule has 6 rings (SSSR count). The summed E-state index contributed by atoms with van der Waals surface area (Å²) < 4.78 is 0. The van der Waals surface area contributed by atoms with Crippen LogP contribution >= 0.6 is 11.3 Å². The molecule has 4 bridgehead atoms. The van der Waals surface area contributed by atoms with Gasteiger partial charge in [0.05, 0.1) is 4.88 Å². The number of likely N-dealkylation sites (tertiary alicyclic amines) is 1. The second-order valence-corrected chi connectivity index (χ2v) is 11.1. The van der Waals surface area contributed by atoms with Gasteiger partial charge < -0.3 is 4.90 Å². The number of nitrogens with one attached hydrogen (secondary N) is 2. The molecule has 5 aliphatic rings. The van der Waals surface area contributed by atoms with Crippen LogP contribution in [0.15, 0.2) is 17.5 Å². The van der Waals surface area contributed by atoms with Crippen molar-refractivity contribution < 1.29 is 14.4 Å². The molecule has 1 saturated heterocycles. The number of nitrogens with zero attached hydrogens (tertiary/aromatic N) is 1. The topological polar surface area (TPSA) is 78.5 Å². The van der Waals surface area contributed by atoms with Gasteiger partial charge in [-0.15, -0.1) is 11.3 Å². The van der Waals surface area contributed by atoms with Gasteiger partial charge in [0, 0.05) is 25.4 Å². The molecule has 2 N–H and O–H groups in total. The summed E-state index contributed by atoms with van der Waals surface area (Å²) in [5, 5.41) is 1.90. The second kappa shape index (κ2) is 7.98. The first kappa shape index (κ1) is 20.0. The van der Waals surface area contributed by atoms with E-state index in [1.54, 1.807) is 0 Å². The summed E-state index contributed by atoms with van der Waals surface area (Å²) in [5.74, 6) is 2.18. The van der Waals surface area contributed by atoms with Gasteiger partial charge in [0.15, 0.2) is 0 Å². The number of carbonyl (C=O) groups is 3. The van der Waals surface area contributed by atoms with E-state index in [-0.39, 0.29) is 29.1 Å². The molecule has 162 valence electrons. The van der Waals surface area contributed by atoms with Crippen molar-refractivity contribution in [1.82, 2.24) is 15.8 Å². The Morgan fingerprint density at radius 3 is 2.20 bits per heavy atom. The van der Waals surface area contributed by atoms with Crippen molar-refractivity contribution in [3.8, 4) is 0 Å². The lowest BCUT2D eigenvalue weighted by molar-refractivity contribution is -0.136. The van der Waals surface area contributed by atoms with Crippen molar-refractivity contribution in [3.05, 3.63) is 22.4 Å². The number of hydrogen-bond acceptors (Lipinski definition) is 4. The molecular weight excluding hydrogens is 398 g/mol. The summed E-state index contributed by atoms with van der Waals surface area (Å²) in [6.45, 7) is 1.16. The first-order valence-corrected chi connectivity index (χ1v) is 12.3. The molecule has 4 saturated carbocycles. The summed E-state index contributed by atoms with van der Waals surface area (Å²) in [6.07, 6.45) is 9.49. The van der Waals surface area contributed by atoms with E-state index in [0.717, 1.165) is 22.6 Å². The van der Waals surface area contributed by atoms with Gasteiger partial charge in [0.25, 0.3) is 5.91 Å². The molecule has 6 nitrogen and oxygen atoms in total. The van der Waals surface area contributed by atoms with E-state index >= 15 is 0 Å². The Labute approximate surface area is 181 Å². The fraction of sp³-hybridized carbons (Fsp3) is 0.696. The molecule has 4 aliphatic carbocycles. The fourth-order valence-electron chi connectivity index (χ4n) is 7.03. The van der Waals surface area contributed by atoms with Crippen LogP contribution in [0.2, 0.25) is 0 Å². The van der Waals surface area contributed by atoms with Crippen LogP contribution in [0.25, 0.3) is 0 Å². The Morgan fingerprint density at radius 2 is 1.63 bits per heavy atom. The number of hydrazine groups is 1. The van der Waals surface area contributed by atoms with Crippen molar-refractivity contribution in [3.63, 3.8) is 0 Å². The predicted octanol–water partition coefficient (Wildman–Crippen LogP) is 3.35. The molecule has 1 aromatic rings. The largest absolute Gasteiger partial charge is 0.338 e. The van der Waals surface area contributed by atoms with E-state index in [2.05, 4.69) is 10.9 Å². The van der Waals surface area contributed by atoms with Gasteiger partial charge in [-0.05, 0) is 86.0 Å². The van der Waals surface area contributed by atoms with E-state index in [4.69, 9.17) is 0 Å². The van der Waals surface area contributed by atoms with Crippen molar-refractivity contribution in [1.29, 1.82) is 0 Å². The molecule has 30 heavy (non-hydrogen) atoms. The Balaban J connectivity index is 1.07. The zero-order valence-corrected chi connectivity index (χ0v) is 18.2. The minimum absolute atomic E-state index is 0.0457. The number of piperidine rings is 1. The molecule has 0 aromatic carbocycles. The zero-order valence-electron chi connectivity index (χ0n) is 17.4. The van der Waals surface area contributed by atoms with Gasteiger partial charge in [0.1, 0.15) is 0 Å². The highest BCUT2D eigenvalue weighted by atomic mass is 32.1. The van der Waals surface area contributed by atoms with Gasteiger partial charge in [-0.25, -0.2) is 0 Å². The van der Waals surface area contributed by atoms with E-state index in [0.29, 0.717) is 32.4 Å². The van der Waals surface area contributed by atoms with Crippen LogP contribution in [0.1, 0.15) is 67.5 Å². The van der Waals surface area contributed by atoms with Crippen molar-refractivity contribution in [2.45, 2.75) is 57.8 Å². The maximum Gasteiger partial charge on any atom is 0.263 e. The summed E-state index contributed by atoms with van der Waals surface area (Å²) in [4.78, 5) is 40.2. The number of hydrogen-bond donors (Lipinski definition) is 2. The highest BCUT2D eigenvalue weighted by molar-refractivity contribution is 7.12. The molecule has 0 radical (unpaired) electrons. The molecule has 1 aliphatic heterocycles. The van der Waals surface area contributed by atoms with E-state index in [9.17, 15) is 14.4 Å². The molecular formula is C23H31N3O3S. The van der Waals surface area contributed by atoms with Crippen LogP contribution in [0.5, 0.6) is 0 Å². The van der Waals surface area contributed by atoms with Crippen molar-refractivity contribution in [2.75, 3.05) is 13.1 Å². The maximum absolute atomic E-state index is 12.6. The first-order valence-electron chi connectivity index (χ1n) is 11.4. The molecule has 5 fully saturated rings. The van der Waals surface area contributed by atoms with Crippen LogP contribution in [0.4, 0.5) is 0 Å². The van der Waals surface area contributed by atoms with Gasteiger partial charge in [-0.1, -0.05) is 6.07 Å². The Kier molecular flexibility index (Phi) is 5.33. The average Bonchev–Trinajstić information content (AvgIpc) is 3.25. The lowest BCUT2D eigenvalue weighted by Gasteiger charge is -2.56.